The van der Waals surface area contributed by atoms with Gasteiger partial charge in [0.05, 0.1) is 17.0 Å². The second-order valence-electron chi connectivity index (χ2n) is 5.79. The van der Waals surface area contributed by atoms with Gasteiger partial charge >= 0.3 is 11.9 Å². The van der Waals surface area contributed by atoms with Crippen molar-refractivity contribution >= 4 is 11.9 Å². The Morgan fingerprint density at radius 3 is 2.27 bits per heavy atom. The molecule has 6 heteroatoms. The van der Waals surface area contributed by atoms with Crippen LogP contribution in [-0.2, 0) is 9.59 Å². The Bertz CT molecular complexity index is 440. The molecule has 0 aromatic heterocycles. The number of aliphatic hydroxyl groups is 1. The summed E-state index contributed by atoms with van der Waals surface area (Å²) in [6.07, 6.45) is 5.33. The highest BCUT2D eigenvalue weighted by Gasteiger charge is 2.44. The van der Waals surface area contributed by atoms with Gasteiger partial charge < -0.3 is 20.6 Å². The fraction of sp³-hybridized carbons (Fsp3) is 0.625. The van der Waals surface area contributed by atoms with E-state index in [4.69, 9.17) is 5.11 Å². The molecular weight excluding hydrogens is 286 g/mol. The van der Waals surface area contributed by atoms with E-state index in [1.54, 1.807) is 6.92 Å². The summed E-state index contributed by atoms with van der Waals surface area (Å²) >= 11 is 0. The third-order valence-electron chi connectivity index (χ3n) is 3.35. The highest BCUT2D eigenvalue weighted by Crippen LogP contribution is 2.31. The van der Waals surface area contributed by atoms with Crippen LogP contribution in [0.3, 0.4) is 0 Å². The minimum Gasteiger partial charge on any atom is -0.481 e. The van der Waals surface area contributed by atoms with E-state index in [0.717, 1.165) is 6.42 Å². The molecule has 0 radical (unpaired) electrons. The van der Waals surface area contributed by atoms with Crippen LogP contribution in [-0.4, -0.2) is 45.9 Å². The normalized spacial score (nSPS) is 23.5. The fourth-order valence-electron chi connectivity index (χ4n) is 2.04. The molecular formula is C16H27NO5. The maximum absolute atomic E-state index is 11.3. The fourth-order valence-corrected chi connectivity index (χ4v) is 2.04. The number of aliphatic hydroxyl groups excluding tert-OH is 1. The minimum absolute atomic E-state index is 0.0815. The van der Waals surface area contributed by atoms with Crippen molar-refractivity contribution in [3.63, 3.8) is 0 Å². The lowest BCUT2D eigenvalue weighted by Crippen LogP contribution is -2.55. The SMILES string of the molecule is CC(C)CNC1(C)C(C(=O)O)=CC=CC1C(=O)O.CCCO. The molecule has 6 nitrogen and oxygen atoms in total. The number of carboxylic acid groups (broad SMARTS) is 2. The molecule has 1 rings (SSSR count). The van der Waals surface area contributed by atoms with Crippen LogP contribution < -0.4 is 5.32 Å². The van der Waals surface area contributed by atoms with E-state index in [-0.39, 0.29) is 5.57 Å². The summed E-state index contributed by atoms with van der Waals surface area (Å²) in [6.45, 7) is 8.39. The molecule has 0 bridgehead atoms. The molecule has 0 aromatic rings. The van der Waals surface area contributed by atoms with Crippen molar-refractivity contribution in [3.8, 4) is 0 Å². The van der Waals surface area contributed by atoms with Crippen LogP contribution in [0, 0.1) is 11.8 Å². The first-order valence-corrected chi connectivity index (χ1v) is 7.41. The van der Waals surface area contributed by atoms with Gasteiger partial charge in [-0.3, -0.25) is 4.79 Å². The van der Waals surface area contributed by atoms with Gasteiger partial charge in [-0.05, 0) is 25.8 Å². The monoisotopic (exact) mass is 313 g/mol. The van der Waals surface area contributed by atoms with Crippen molar-refractivity contribution in [2.24, 2.45) is 11.8 Å². The summed E-state index contributed by atoms with van der Waals surface area (Å²) in [6, 6.07) is 0. The first kappa shape index (κ1) is 20.3. The van der Waals surface area contributed by atoms with Crippen LogP contribution in [0.15, 0.2) is 23.8 Å². The number of carbonyl (C=O) groups is 2. The molecule has 0 fully saturated rings. The van der Waals surface area contributed by atoms with E-state index in [1.165, 1.54) is 18.2 Å². The average molecular weight is 313 g/mol. The predicted octanol–water partition coefficient (Wildman–Crippen LogP) is 1.66. The maximum atomic E-state index is 11.3. The highest BCUT2D eigenvalue weighted by atomic mass is 16.4. The number of hydrogen-bond donors (Lipinski definition) is 4. The molecule has 4 N–H and O–H groups in total. The van der Waals surface area contributed by atoms with Crippen LogP contribution >= 0.6 is 0 Å². The Morgan fingerprint density at radius 1 is 1.36 bits per heavy atom. The molecule has 2 atom stereocenters. The lowest BCUT2D eigenvalue weighted by molar-refractivity contribution is -0.142. The smallest absolute Gasteiger partial charge is 0.333 e. The summed E-state index contributed by atoms with van der Waals surface area (Å²) in [5, 5.41) is 29.4. The van der Waals surface area contributed by atoms with E-state index in [0.29, 0.717) is 19.1 Å². The van der Waals surface area contributed by atoms with Gasteiger partial charge in [0.15, 0.2) is 0 Å². The van der Waals surface area contributed by atoms with Crippen molar-refractivity contribution in [2.75, 3.05) is 13.2 Å². The number of rotatable bonds is 6. The lowest BCUT2D eigenvalue weighted by Gasteiger charge is -2.37. The van der Waals surface area contributed by atoms with E-state index < -0.39 is 23.4 Å². The van der Waals surface area contributed by atoms with E-state index in [2.05, 4.69) is 5.32 Å². The molecule has 2 unspecified atom stereocenters. The number of carboxylic acids is 2. The van der Waals surface area contributed by atoms with Gasteiger partial charge in [0, 0.05) is 6.61 Å². The standard InChI is InChI=1S/C13H19NO4.C3H8O/c1-8(2)7-14-13(3)9(11(15)16)5-4-6-10(13)12(17)18;1-2-3-4/h4-6,8-9,14H,7H2,1-3H3,(H,15,16)(H,17,18);4H,2-3H2,1H3. The number of hydrogen-bond acceptors (Lipinski definition) is 4. The van der Waals surface area contributed by atoms with Gasteiger partial charge in [-0.1, -0.05) is 39.0 Å². The van der Waals surface area contributed by atoms with Gasteiger partial charge in [-0.15, -0.1) is 0 Å². The van der Waals surface area contributed by atoms with Crippen LogP contribution in [0.2, 0.25) is 0 Å². The number of allylic oxidation sites excluding steroid dienone is 2. The summed E-state index contributed by atoms with van der Waals surface area (Å²) < 4.78 is 0. The third kappa shape index (κ3) is 5.61. The largest absolute Gasteiger partial charge is 0.481 e. The Labute approximate surface area is 131 Å². The Hall–Kier alpha value is -1.66. The van der Waals surface area contributed by atoms with Gasteiger partial charge in [0.1, 0.15) is 0 Å². The van der Waals surface area contributed by atoms with Gasteiger partial charge in [-0.2, -0.15) is 0 Å². The molecule has 1 aliphatic rings. The van der Waals surface area contributed by atoms with Crippen LogP contribution in [0.5, 0.6) is 0 Å². The first-order chi connectivity index (χ1) is 10.2. The molecule has 0 aliphatic heterocycles. The number of nitrogens with one attached hydrogen (secondary N) is 1. The third-order valence-corrected chi connectivity index (χ3v) is 3.35. The molecule has 0 saturated heterocycles. The molecule has 0 heterocycles. The van der Waals surface area contributed by atoms with Gasteiger partial charge in [0.25, 0.3) is 0 Å². The molecule has 0 spiro atoms. The van der Waals surface area contributed by atoms with Crippen LogP contribution in [0.4, 0.5) is 0 Å². The zero-order valence-corrected chi connectivity index (χ0v) is 13.7. The molecule has 126 valence electrons. The van der Waals surface area contributed by atoms with Crippen molar-refractivity contribution in [2.45, 2.75) is 39.7 Å². The minimum atomic E-state index is -1.09. The predicted molar refractivity (Wildman–Crippen MR) is 84.6 cm³/mol. The maximum Gasteiger partial charge on any atom is 0.333 e. The quantitative estimate of drug-likeness (QED) is 0.594. The molecule has 0 saturated carbocycles. The van der Waals surface area contributed by atoms with E-state index in [1.807, 2.05) is 20.8 Å². The number of aliphatic carboxylic acids is 2. The molecule has 0 amide bonds. The summed E-state index contributed by atoms with van der Waals surface area (Å²) in [7, 11) is 0. The zero-order valence-electron chi connectivity index (χ0n) is 13.7. The van der Waals surface area contributed by atoms with Crippen molar-refractivity contribution < 1.29 is 24.9 Å². The van der Waals surface area contributed by atoms with E-state index in [9.17, 15) is 19.8 Å². The summed E-state index contributed by atoms with van der Waals surface area (Å²) in [5.74, 6) is -2.70. The average Bonchev–Trinajstić information content (AvgIpc) is 2.45. The Kier molecular flexibility index (Phi) is 8.67. The Morgan fingerprint density at radius 2 is 1.91 bits per heavy atom. The molecule has 1 aliphatic carbocycles. The zero-order chi connectivity index (χ0) is 17.3. The summed E-state index contributed by atoms with van der Waals surface area (Å²) in [4.78, 5) is 22.5. The van der Waals surface area contributed by atoms with Crippen LogP contribution in [0.1, 0.15) is 34.1 Å². The molecule has 22 heavy (non-hydrogen) atoms. The molecule has 0 aromatic carbocycles. The second kappa shape index (κ2) is 9.38. The van der Waals surface area contributed by atoms with Crippen molar-refractivity contribution in [1.29, 1.82) is 0 Å². The highest BCUT2D eigenvalue weighted by molar-refractivity contribution is 5.92. The van der Waals surface area contributed by atoms with Crippen LogP contribution in [0.25, 0.3) is 0 Å². The Balaban J connectivity index is 0.000000980. The van der Waals surface area contributed by atoms with E-state index >= 15 is 0 Å². The first-order valence-electron chi connectivity index (χ1n) is 7.41. The second-order valence-corrected chi connectivity index (χ2v) is 5.79. The van der Waals surface area contributed by atoms with Crippen molar-refractivity contribution in [3.05, 3.63) is 23.8 Å². The van der Waals surface area contributed by atoms with Crippen molar-refractivity contribution in [1.82, 2.24) is 5.32 Å². The topological polar surface area (TPSA) is 107 Å². The van der Waals surface area contributed by atoms with Gasteiger partial charge in [-0.25, -0.2) is 4.79 Å². The summed E-state index contributed by atoms with van der Waals surface area (Å²) in [5.41, 5.74) is -1.01. The lowest BCUT2D eigenvalue weighted by atomic mass is 9.75. The van der Waals surface area contributed by atoms with Gasteiger partial charge in [0.2, 0.25) is 0 Å².